The second-order valence-corrected chi connectivity index (χ2v) is 5.89. The molecular formula is C12H16N2S2. The van der Waals surface area contributed by atoms with Crippen molar-refractivity contribution in [1.82, 2.24) is 4.98 Å². The largest absolute Gasteiger partial charge is 0.389 e. The molecule has 1 fully saturated rings. The second kappa shape index (κ2) is 5.64. The van der Waals surface area contributed by atoms with Crippen molar-refractivity contribution >= 4 is 29.0 Å². The molecule has 4 heteroatoms. The van der Waals surface area contributed by atoms with E-state index in [9.17, 15) is 0 Å². The fourth-order valence-electron chi connectivity index (χ4n) is 1.98. The molecule has 1 aromatic rings. The molecule has 1 aromatic heterocycles. The Hall–Kier alpha value is -0.610. The minimum atomic E-state index is 0.452. The number of nitrogens with zero attached hydrogens (tertiary/aromatic N) is 1. The van der Waals surface area contributed by atoms with Crippen LogP contribution in [0.4, 0.5) is 0 Å². The van der Waals surface area contributed by atoms with Gasteiger partial charge in [-0.2, -0.15) is 0 Å². The van der Waals surface area contributed by atoms with Crippen molar-refractivity contribution < 1.29 is 0 Å². The summed E-state index contributed by atoms with van der Waals surface area (Å²) in [4.78, 5) is 4.82. The zero-order valence-electron chi connectivity index (χ0n) is 9.19. The summed E-state index contributed by atoms with van der Waals surface area (Å²) in [5, 5.41) is 1.78. The third-order valence-electron chi connectivity index (χ3n) is 2.86. The molecule has 1 saturated carbocycles. The van der Waals surface area contributed by atoms with Gasteiger partial charge < -0.3 is 5.73 Å². The maximum Gasteiger partial charge on any atom is 0.104 e. The molecule has 0 aliphatic heterocycles. The van der Waals surface area contributed by atoms with Crippen LogP contribution in [-0.4, -0.2) is 15.2 Å². The third kappa shape index (κ3) is 3.19. The number of hydrogen-bond donors (Lipinski definition) is 1. The van der Waals surface area contributed by atoms with Gasteiger partial charge in [0.2, 0.25) is 0 Å². The molecule has 0 aromatic carbocycles. The maximum absolute atomic E-state index is 5.61. The van der Waals surface area contributed by atoms with E-state index in [-0.39, 0.29) is 0 Å². The zero-order valence-corrected chi connectivity index (χ0v) is 10.8. The molecule has 0 radical (unpaired) electrons. The maximum atomic E-state index is 5.61. The fourth-order valence-corrected chi connectivity index (χ4v) is 3.34. The summed E-state index contributed by atoms with van der Waals surface area (Å²) in [5.74, 6) is 0. The minimum Gasteiger partial charge on any atom is -0.389 e. The van der Waals surface area contributed by atoms with E-state index in [1.54, 1.807) is 6.20 Å². The van der Waals surface area contributed by atoms with Gasteiger partial charge in [0, 0.05) is 17.0 Å². The standard InChI is InChI=1S/C12H16N2S2/c13-12(15)9-6-7-14-11(8-9)16-10-4-2-1-3-5-10/h6-8,10H,1-5H2,(H2,13,15). The number of nitrogens with two attached hydrogens (primary N) is 1. The summed E-state index contributed by atoms with van der Waals surface area (Å²) in [6.07, 6.45) is 8.50. The molecule has 0 amide bonds. The van der Waals surface area contributed by atoms with Crippen LogP contribution in [0.15, 0.2) is 23.4 Å². The fraction of sp³-hybridized carbons (Fsp3) is 0.500. The SMILES string of the molecule is NC(=S)c1ccnc(SC2CCCCC2)c1. The Labute approximate surface area is 106 Å². The smallest absolute Gasteiger partial charge is 0.104 e. The van der Waals surface area contributed by atoms with Gasteiger partial charge in [0.05, 0.1) is 5.03 Å². The number of rotatable bonds is 3. The van der Waals surface area contributed by atoms with Crippen LogP contribution in [0, 0.1) is 0 Å². The van der Waals surface area contributed by atoms with Crippen LogP contribution in [0.25, 0.3) is 0 Å². The first-order valence-electron chi connectivity index (χ1n) is 5.68. The number of pyridine rings is 1. The van der Waals surface area contributed by atoms with Crippen molar-refractivity contribution in [2.45, 2.75) is 42.4 Å². The van der Waals surface area contributed by atoms with Crippen molar-refractivity contribution in [1.29, 1.82) is 0 Å². The first-order valence-corrected chi connectivity index (χ1v) is 6.97. The highest BCUT2D eigenvalue weighted by atomic mass is 32.2. The molecule has 16 heavy (non-hydrogen) atoms. The van der Waals surface area contributed by atoms with Crippen molar-refractivity contribution in [3.8, 4) is 0 Å². The van der Waals surface area contributed by atoms with Crippen molar-refractivity contribution in [2.75, 3.05) is 0 Å². The summed E-state index contributed by atoms with van der Waals surface area (Å²) in [5.41, 5.74) is 6.53. The topological polar surface area (TPSA) is 38.9 Å². The van der Waals surface area contributed by atoms with Gasteiger partial charge in [-0.1, -0.05) is 31.5 Å². The molecule has 0 bridgehead atoms. The molecule has 2 nitrogen and oxygen atoms in total. The molecule has 1 aliphatic rings. The Morgan fingerprint density at radius 1 is 1.38 bits per heavy atom. The number of thiocarbonyl (C=S) groups is 1. The van der Waals surface area contributed by atoms with Crippen LogP contribution in [-0.2, 0) is 0 Å². The lowest BCUT2D eigenvalue weighted by molar-refractivity contribution is 0.515. The molecule has 0 unspecified atom stereocenters. The van der Waals surface area contributed by atoms with Crippen molar-refractivity contribution in [3.63, 3.8) is 0 Å². The van der Waals surface area contributed by atoms with Crippen LogP contribution >= 0.6 is 24.0 Å². The summed E-state index contributed by atoms with van der Waals surface area (Å²) in [6, 6.07) is 3.87. The van der Waals surface area contributed by atoms with Crippen LogP contribution < -0.4 is 5.73 Å². The van der Waals surface area contributed by atoms with Gasteiger partial charge in [-0.05, 0) is 25.0 Å². The van der Waals surface area contributed by atoms with Gasteiger partial charge >= 0.3 is 0 Å². The monoisotopic (exact) mass is 252 g/mol. The molecule has 1 heterocycles. The number of aromatic nitrogens is 1. The Balaban J connectivity index is 2.02. The molecule has 2 rings (SSSR count). The lowest BCUT2D eigenvalue weighted by atomic mass is 10.0. The lowest BCUT2D eigenvalue weighted by Crippen LogP contribution is -2.11. The molecule has 0 spiro atoms. The Morgan fingerprint density at radius 3 is 2.81 bits per heavy atom. The van der Waals surface area contributed by atoms with Crippen LogP contribution in [0.5, 0.6) is 0 Å². The van der Waals surface area contributed by atoms with Crippen LogP contribution in [0.3, 0.4) is 0 Å². The number of hydrogen-bond acceptors (Lipinski definition) is 3. The van der Waals surface area contributed by atoms with Gasteiger partial charge in [0.25, 0.3) is 0 Å². The minimum absolute atomic E-state index is 0.452. The highest BCUT2D eigenvalue weighted by molar-refractivity contribution is 7.99. The van der Waals surface area contributed by atoms with E-state index < -0.39 is 0 Å². The predicted octanol–water partition coefficient (Wildman–Crippen LogP) is 3.14. The third-order valence-corrected chi connectivity index (χ3v) is 4.36. The van der Waals surface area contributed by atoms with Gasteiger partial charge in [-0.25, -0.2) is 4.98 Å². The predicted molar refractivity (Wildman–Crippen MR) is 72.9 cm³/mol. The van der Waals surface area contributed by atoms with E-state index in [4.69, 9.17) is 18.0 Å². The summed E-state index contributed by atoms with van der Waals surface area (Å²) in [6.45, 7) is 0. The second-order valence-electron chi connectivity index (χ2n) is 4.12. The zero-order chi connectivity index (χ0) is 11.4. The molecule has 0 saturated heterocycles. The first-order chi connectivity index (χ1) is 7.75. The van der Waals surface area contributed by atoms with Crippen LogP contribution in [0.1, 0.15) is 37.7 Å². The Bertz CT molecular complexity index is 373. The van der Waals surface area contributed by atoms with E-state index in [0.29, 0.717) is 4.99 Å². The average Bonchev–Trinajstić information content (AvgIpc) is 2.30. The van der Waals surface area contributed by atoms with E-state index in [1.807, 2.05) is 23.9 Å². The number of thioether (sulfide) groups is 1. The highest BCUT2D eigenvalue weighted by Crippen LogP contribution is 2.32. The average molecular weight is 252 g/mol. The quantitative estimate of drug-likeness (QED) is 0.839. The van der Waals surface area contributed by atoms with Gasteiger partial charge in [-0.15, -0.1) is 11.8 Å². The molecular weight excluding hydrogens is 236 g/mol. The molecule has 0 atom stereocenters. The van der Waals surface area contributed by atoms with Crippen LogP contribution in [0.2, 0.25) is 0 Å². The lowest BCUT2D eigenvalue weighted by Gasteiger charge is -2.20. The summed E-state index contributed by atoms with van der Waals surface area (Å²) >= 11 is 6.84. The van der Waals surface area contributed by atoms with E-state index in [1.165, 1.54) is 32.1 Å². The van der Waals surface area contributed by atoms with Crippen molar-refractivity contribution in [3.05, 3.63) is 23.9 Å². The van der Waals surface area contributed by atoms with Crippen molar-refractivity contribution in [2.24, 2.45) is 5.73 Å². The molecule has 86 valence electrons. The van der Waals surface area contributed by atoms with E-state index >= 15 is 0 Å². The summed E-state index contributed by atoms with van der Waals surface area (Å²) in [7, 11) is 0. The van der Waals surface area contributed by atoms with E-state index in [2.05, 4.69) is 4.98 Å². The molecule has 1 aliphatic carbocycles. The van der Waals surface area contributed by atoms with E-state index in [0.717, 1.165) is 15.8 Å². The highest BCUT2D eigenvalue weighted by Gasteiger charge is 2.15. The first kappa shape index (κ1) is 11.9. The Kier molecular flexibility index (Phi) is 4.18. The van der Waals surface area contributed by atoms with Gasteiger partial charge in [-0.3, -0.25) is 0 Å². The summed E-state index contributed by atoms with van der Waals surface area (Å²) < 4.78 is 0. The molecule has 2 N–H and O–H groups in total. The Morgan fingerprint density at radius 2 is 2.12 bits per heavy atom. The van der Waals surface area contributed by atoms with Gasteiger partial charge in [0.15, 0.2) is 0 Å². The van der Waals surface area contributed by atoms with Gasteiger partial charge in [0.1, 0.15) is 4.99 Å². The normalized spacial score (nSPS) is 17.2.